The average Bonchev–Trinajstić information content (AvgIpc) is 3.09. The van der Waals surface area contributed by atoms with E-state index < -0.39 is 0 Å². The third-order valence-corrected chi connectivity index (χ3v) is 6.46. The molecule has 0 aliphatic carbocycles. The van der Waals surface area contributed by atoms with Gasteiger partial charge in [0.25, 0.3) is 5.56 Å². The highest BCUT2D eigenvalue weighted by Gasteiger charge is 2.18. The summed E-state index contributed by atoms with van der Waals surface area (Å²) in [5, 5.41) is 0.557. The second-order valence-corrected chi connectivity index (χ2v) is 8.77. The number of aromatic nitrogens is 2. The molecule has 0 aliphatic rings. The summed E-state index contributed by atoms with van der Waals surface area (Å²) < 4.78 is 6.93. The second-order valence-electron chi connectivity index (χ2n) is 7.57. The van der Waals surface area contributed by atoms with Gasteiger partial charge in [-0.05, 0) is 62.6 Å². The van der Waals surface area contributed by atoms with Crippen LogP contribution in [0, 0.1) is 20.8 Å². The van der Waals surface area contributed by atoms with Crippen molar-refractivity contribution >= 4 is 27.3 Å². The van der Waals surface area contributed by atoms with E-state index in [9.17, 15) is 9.59 Å². The molecule has 0 saturated carbocycles. The van der Waals surface area contributed by atoms with Crippen molar-refractivity contribution in [3.05, 3.63) is 80.7 Å². The smallest absolute Gasteiger partial charge is 0.263 e. The molecular formula is C25H24N2O3S. The minimum Gasteiger partial charge on any atom is -0.494 e. The minimum atomic E-state index is -0.199. The van der Waals surface area contributed by atoms with Gasteiger partial charge in [0.2, 0.25) is 0 Å². The Bertz CT molecular complexity index is 1330. The number of carbonyl (C=O) groups excluding carboxylic acids is 1. The number of fused-ring (bicyclic) bond motifs is 1. The number of nitrogens with zero attached hydrogens (tertiary/aromatic N) is 2. The van der Waals surface area contributed by atoms with E-state index in [0.717, 1.165) is 32.9 Å². The van der Waals surface area contributed by atoms with E-state index in [1.165, 1.54) is 22.2 Å². The summed E-state index contributed by atoms with van der Waals surface area (Å²) in [7, 11) is 0. The number of hydrogen-bond donors (Lipinski definition) is 0. The van der Waals surface area contributed by atoms with E-state index in [1.54, 1.807) is 0 Å². The lowest BCUT2D eigenvalue weighted by Crippen LogP contribution is -2.24. The molecule has 0 saturated heterocycles. The van der Waals surface area contributed by atoms with Gasteiger partial charge in [0.05, 0.1) is 24.9 Å². The maximum Gasteiger partial charge on any atom is 0.263 e. The summed E-state index contributed by atoms with van der Waals surface area (Å²) in [5.41, 5.74) is 4.39. The largest absolute Gasteiger partial charge is 0.494 e. The molecule has 0 unspecified atom stereocenters. The van der Waals surface area contributed by atoms with Crippen LogP contribution in [0.4, 0.5) is 0 Å². The van der Waals surface area contributed by atoms with Crippen molar-refractivity contribution in [3.8, 4) is 16.9 Å². The van der Waals surface area contributed by atoms with Gasteiger partial charge in [0.15, 0.2) is 5.78 Å². The Hall–Kier alpha value is -3.25. The van der Waals surface area contributed by atoms with Crippen molar-refractivity contribution in [2.24, 2.45) is 0 Å². The Kier molecular flexibility index (Phi) is 5.74. The van der Waals surface area contributed by atoms with Gasteiger partial charge in [0.1, 0.15) is 10.6 Å². The lowest BCUT2D eigenvalue weighted by Gasteiger charge is -2.08. The molecule has 0 spiro atoms. The fraction of sp³-hybridized carbons (Fsp3) is 0.240. The Labute approximate surface area is 185 Å². The second kappa shape index (κ2) is 8.47. The molecule has 2 aromatic carbocycles. The van der Waals surface area contributed by atoms with Crippen molar-refractivity contribution in [3.63, 3.8) is 0 Å². The number of hydrogen-bond acceptors (Lipinski definition) is 5. The summed E-state index contributed by atoms with van der Waals surface area (Å²) in [5.74, 6) is 0.680. The summed E-state index contributed by atoms with van der Waals surface area (Å²) in [4.78, 5) is 32.3. The van der Waals surface area contributed by atoms with Crippen LogP contribution in [0.5, 0.6) is 5.75 Å². The number of benzene rings is 2. The highest BCUT2D eigenvalue weighted by Crippen LogP contribution is 2.36. The van der Waals surface area contributed by atoms with Gasteiger partial charge >= 0.3 is 0 Å². The highest BCUT2D eigenvalue weighted by atomic mass is 32.1. The normalized spacial score (nSPS) is 11.1. The number of thiophene rings is 1. The molecule has 0 atom stereocenters. The van der Waals surface area contributed by atoms with Gasteiger partial charge in [-0.1, -0.05) is 24.3 Å². The number of aryl methyl sites for hydroxylation is 3. The first-order valence-electron chi connectivity index (χ1n) is 10.2. The van der Waals surface area contributed by atoms with Crippen LogP contribution in [0.2, 0.25) is 0 Å². The Morgan fingerprint density at radius 2 is 1.81 bits per heavy atom. The van der Waals surface area contributed by atoms with Crippen molar-refractivity contribution in [2.45, 2.75) is 34.2 Å². The van der Waals surface area contributed by atoms with E-state index in [2.05, 4.69) is 4.98 Å². The first kappa shape index (κ1) is 21.0. The third kappa shape index (κ3) is 4.03. The van der Waals surface area contributed by atoms with E-state index in [1.807, 2.05) is 70.2 Å². The van der Waals surface area contributed by atoms with E-state index in [4.69, 9.17) is 4.74 Å². The maximum absolute atomic E-state index is 13.3. The predicted octanol–water partition coefficient (Wildman–Crippen LogP) is 5.33. The van der Waals surface area contributed by atoms with Crippen molar-refractivity contribution in [1.82, 2.24) is 9.55 Å². The Morgan fingerprint density at radius 3 is 2.48 bits per heavy atom. The fourth-order valence-electron chi connectivity index (χ4n) is 3.64. The number of carbonyl (C=O) groups is 1. The molecule has 4 rings (SSSR count). The molecule has 0 fully saturated rings. The van der Waals surface area contributed by atoms with E-state index >= 15 is 0 Å². The molecule has 0 bridgehead atoms. The molecule has 4 aromatic rings. The van der Waals surface area contributed by atoms with Crippen molar-refractivity contribution in [1.29, 1.82) is 0 Å². The van der Waals surface area contributed by atoms with Gasteiger partial charge in [-0.25, -0.2) is 4.98 Å². The molecule has 5 nitrogen and oxygen atoms in total. The molecule has 0 amide bonds. The standard InChI is InChI=1S/C25H24N2O3S/c1-5-30-20-10-8-18(9-11-20)22-17(4)31-24-23(22)25(29)27(14-26-24)13-21(28)19-7-6-15(2)16(3)12-19/h6-12,14H,5,13H2,1-4H3. The summed E-state index contributed by atoms with van der Waals surface area (Å²) in [6.07, 6.45) is 1.47. The lowest BCUT2D eigenvalue weighted by atomic mass is 10.0. The molecule has 6 heteroatoms. The van der Waals surface area contributed by atoms with Crippen LogP contribution < -0.4 is 10.3 Å². The maximum atomic E-state index is 13.3. The first-order chi connectivity index (χ1) is 14.9. The van der Waals surface area contributed by atoms with E-state index in [-0.39, 0.29) is 17.9 Å². The van der Waals surface area contributed by atoms with Crippen molar-refractivity contribution < 1.29 is 9.53 Å². The number of Topliss-reactive ketones (excluding diaryl/α,β-unsaturated/α-hetero) is 1. The zero-order valence-corrected chi connectivity index (χ0v) is 18.9. The van der Waals surface area contributed by atoms with Gasteiger partial charge in [-0.3, -0.25) is 14.2 Å². The zero-order chi connectivity index (χ0) is 22.1. The number of ketones is 1. The van der Waals surface area contributed by atoms with Crippen LogP contribution >= 0.6 is 11.3 Å². The number of rotatable bonds is 6. The third-order valence-electron chi connectivity index (χ3n) is 5.45. The SMILES string of the molecule is CCOc1ccc(-c2c(C)sc3ncn(CC(=O)c4ccc(C)c(C)c4)c(=O)c23)cc1. The molecule has 0 N–H and O–H groups in total. The summed E-state index contributed by atoms with van der Waals surface area (Å²) in [6.45, 7) is 8.47. The molecular weight excluding hydrogens is 408 g/mol. The fourth-order valence-corrected chi connectivity index (χ4v) is 4.65. The van der Waals surface area contributed by atoms with Crippen LogP contribution in [0.1, 0.15) is 33.3 Å². The number of ether oxygens (including phenoxy) is 1. The lowest BCUT2D eigenvalue weighted by molar-refractivity contribution is 0.0970. The van der Waals surface area contributed by atoms with Crippen LogP contribution in [0.3, 0.4) is 0 Å². The molecule has 2 heterocycles. The molecule has 2 aromatic heterocycles. The van der Waals surface area contributed by atoms with Crippen LogP contribution in [-0.4, -0.2) is 21.9 Å². The minimum absolute atomic E-state index is 0.0398. The Balaban J connectivity index is 1.74. The van der Waals surface area contributed by atoms with Gasteiger partial charge < -0.3 is 4.74 Å². The van der Waals surface area contributed by atoms with E-state index in [0.29, 0.717) is 22.4 Å². The monoisotopic (exact) mass is 432 g/mol. The predicted molar refractivity (Wildman–Crippen MR) is 125 cm³/mol. The van der Waals surface area contributed by atoms with Gasteiger partial charge in [0, 0.05) is 16.0 Å². The molecule has 31 heavy (non-hydrogen) atoms. The van der Waals surface area contributed by atoms with Crippen molar-refractivity contribution in [2.75, 3.05) is 6.61 Å². The van der Waals surface area contributed by atoms with Crippen LogP contribution in [0.25, 0.3) is 21.3 Å². The van der Waals surface area contributed by atoms with Gasteiger partial charge in [-0.2, -0.15) is 0 Å². The molecule has 0 radical (unpaired) electrons. The highest BCUT2D eigenvalue weighted by molar-refractivity contribution is 7.19. The molecule has 0 aliphatic heterocycles. The topological polar surface area (TPSA) is 61.2 Å². The molecule has 158 valence electrons. The van der Waals surface area contributed by atoms with Crippen LogP contribution in [0.15, 0.2) is 53.6 Å². The summed E-state index contributed by atoms with van der Waals surface area (Å²) >= 11 is 1.49. The zero-order valence-electron chi connectivity index (χ0n) is 18.1. The summed E-state index contributed by atoms with van der Waals surface area (Å²) in [6, 6.07) is 13.3. The first-order valence-corrected chi connectivity index (χ1v) is 11.0. The Morgan fingerprint density at radius 1 is 1.06 bits per heavy atom. The quantitative estimate of drug-likeness (QED) is 0.386. The average molecular weight is 433 g/mol. The van der Waals surface area contributed by atoms with Gasteiger partial charge in [-0.15, -0.1) is 11.3 Å². The van der Waals surface area contributed by atoms with Crippen LogP contribution in [-0.2, 0) is 6.54 Å².